The monoisotopic (exact) mass is 470 g/mol. The van der Waals surface area contributed by atoms with Gasteiger partial charge in [-0.1, -0.05) is 25.1 Å². The molecule has 0 N–H and O–H groups in total. The fourth-order valence-corrected chi connectivity index (χ4v) is 6.07. The van der Waals surface area contributed by atoms with Gasteiger partial charge in [-0.2, -0.15) is 9.61 Å². The molecule has 0 saturated carbocycles. The zero-order valence-electron chi connectivity index (χ0n) is 19.1. The van der Waals surface area contributed by atoms with Crippen molar-refractivity contribution in [2.45, 2.75) is 23.1 Å². The summed E-state index contributed by atoms with van der Waals surface area (Å²) >= 11 is 0. The maximum atomic E-state index is 13.8. The Hall–Kier alpha value is -2.69. The van der Waals surface area contributed by atoms with Crippen LogP contribution in [0.15, 0.2) is 46.2 Å². The van der Waals surface area contributed by atoms with Crippen molar-refractivity contribution in [1.82, 2.24) is 19.5 Å². The number of aryl methyl sites for hydroxylation is 1. The van der Waals surface area contributed by atoms with Gasteiger partial charge < -0.3 is 19.4 Å². The molecule has 0 spiro atoms. The molecule has 176 valence electrons. The first kappa shape index (κ1) is 22.1. The molecule has 2 fully saturated rings. The molecular weight excluding hydrogens is 440 g/mol. The van der Waals surface area contributed by atoms with Crippen molar-refractivity contribution in [2.75, 3.05) is 69.3 Å². The van der Waals surface area contributed by atoms with E-state index in [0.29, 0.717) is 31.0 Å². The van der Waals surface area contributed by atoms with E-state index in [9.17, 15) is 8.42 Å². The van der Waals surface area contributed by atoms with E-state index in [1.165, 1.54) is 0 Å². The van der Waals surface area contributed by atoms with Crippen molar-refractivity contribution in [3.8, 4) is 0 Å². The number of morpholine rings is 1. The Morgan fingerprint density at radius 2 is 1.67 bits per heavy atom. The average molecular weight is 471 g/mol. The van der Waals surface area contributed by atoms with Gasteiger partial charge in [-0.15, -0.1) is 0 Å². The Morgan fingerprint density at radius 3 is 2.33 bits per heavy atom. The Labute approximate surface area is 194 Å². The Bertz CT molecular complexity index is 1230. The van der Waals surface area contributed by atoms with Crippen LogP contribution in [0, 0.1) is 0 Å². The molecule has 4 heterocycles. The van der Waals surface area contributed by atoms with E-state index in [1.54, 1.807) is 28.8 Å². The first-order valence-electron chi connectivity index (χ1n) is 11.5. The minimum atomic E-state index is -3.78. The topological polar surface area (TPSA) is 83.3 Å². The molecule has 0 amide bonds. The van der Waals surface area contributed by atoms with E-state index in [1.807, 2.05) is 13.0 Å². The standard InChI is InChI=1S/C23H30N6O3S/c1-3-19-22(33(30,31)18-7-5-4-6-8-18)23-24-20(27-13-15-32-16-14-27)17-21(29(23)25-19)28-11-9-26(2)10-12-28/h4-8,17H,3,9-16H2,1-2H3. The summed E-state index contributed by atoms with van der Waals surface area (Å²) in [6.45, 7) is 8.21. The van der Waals surface area contributed by atoms with Gasteiger partial charge in [-0.05, 0) is 25.6 Å². The first-order valence-corrected chi connectivity index (χ1v) is 13.0. The molecule has 0 atom stereocenters. The van der Waals surface area contributed by atoms with Gasteiger partial charge in [0.2, 0.25) is 9.84 Å². The maximum absolute atomic E-state index is 13.8. The van der Waals surface area contributed by atoms with E-state index in [4.69, 9.17) is 14.8 Å². The van der Waals surface area contributed by atoms with Gasteiger partial charge >= 0.3 is 0 Å². The minimum absolute atomic E-state index is 0.210. The first-order chi connectivity index (χ1) is 16.0. The van der Waals surface area contributed by atoms with Crippen molar-refractivity contribution in [2.24, 2.45) is 0 Å². The Balaban J connectivity index is 1.73. The number of aromatic nitrogens is 3. The van der Waals surface area contributed by atoms with Crippen LogP contribution >= 0.6 is 0 Å². The number of ether oxygens (including phenoxy) is 1. The lowest BCUT2D eigenvalue weighted by molar-refractivity contribution is 0.122. The lowest BCUT2D eigenvalue weighted by Gasteiger charge is -2.35. The number of likely N-dealkylation sites (N-methyl/N-ethyl adjacent to an activating group) is 1. The molecule has 2 aliphatic rings. The molecule has 0 radical (unpaired) electrons. The summed E-state index contributed by atoms with van der Waals surface area (Å²) in [5.74, 6) is 1.66. The van der Waals surface area contributed by atoms with Gasteiger partial charge in [0.25, 0.3) is 0 Å². The average Bonchev–Trinajstić information content (AvgIpc) is 3.24. The number of hydrogen-bond donors (Lipinski definition) is 0. The molecule has 2 aliphatic heterocycles. The van der Waals surface area contributed by atoms with Crippen molar-refractivity contribution < 1.29 is 13.2 Å². The summed E-state index contributed by atoms with van der Waals surface area (Å²) in [5, 5.41) is 4.78. The largest absolute Gasteiger partial charge is 0.378 e. The van der Waals surface area contributed by atoms with E-state index in [0.717, 1.165) is 50.9 Å². The van der Waals surface area contributed by atoms with Crippen molar-refractivity contribution in [1.29, 1.82) is 0 Å². The molecule has 33 heavy (non-hydrogen) atoms. The highest BCUT2D eigenvalue weighted by Crippen LogP contribution is 2.32. The summed E-state index contributed by atoms with van der Waals surface area (Å²) in [6, 6.07) is 10.6. The summed E-state index contributed by atoms with van der Waals surface area (Å²) in [4.78, 5) is 12.1. The number of rotatable bonds is 5. The molecule has 2 aromatic heterocycles. The molecule has 2 saturated heterocycles. The van der Waals surface area contributed by atoms with Crippen LogP contribution in [0.3, 0.4) is 0 Å². The Kier molecular flexibility index (Phi) is 5.98. The number of anilines is 2. The van der Waals surface area contributed by atoms with E-state index in [2.05, 4.69) is 27.8 Å². The summed E-state index contributed by atoms with van der Waals surface area (Å²) in [6.07, 6.45) is 0.500. The number of hydrogen-bond acceptors (Lipinski definition) is 8. The second-order valence-electron chi connectivity index (χ2n) is 8.54. The summed E-state index contributed by atoms with van der Waals surface area (Å²) in [7, 11) is -1.67. The summed E-state index contributed by atoms with van der Waals surface area (Å²) < 4.78 is 34.8. The predicted octanol–water partition coefficient (Wildman–Crippen LogP) is 1.71. The van der Waals surface area contributed by atoms with Crippen LogP contribution in [-0.4, -0.2) is 87.4 Å². The van der Waals surface area contributed by atoms with Crippen molar-refractivity contribution in [3.63, 3.8) is 0 Å². The second-order valence-corrected chi connectivity index (χ2v) is 10.4. The zero-order valence-corrected chi connectivity index (χ0v) is 20.0. The van der Waals surface area contributed by atoms with E-state index in [-0.39, 0.29) is 9.79 Å². The molecule has 0 aliphatic carbocycles. The number of benzene rings is 1. The third-order valence-electron chi connectivity index (χ3n) is 6.40. The van der Waals surface area contributed by atoms with Crippen LogP contribution < -0.4 is 9.80 Å². The molecule has 0 unspecified atom stereocenters. The number of nitrogens with zero attached hydrogens (tertiary/aromatic N) is 6. The summed E-state index contributed by atoms with van der Waals surface area (Å²) in [5.41, 5.74) is 0.939. The molecule has 1 aromatic carbocycles. The van der Waals surface area contributed by atoms with E-state index < -0.39 is 9.84 Å². The van der Waals surface area contributed by atoms with Gasteiger partial charge in [0, 0.05) is 45.3 Å². The molecular formula is C23H30N6O3S. The molecule has 3 aromatic rings. The van der Waals surface area contributed by atoms with Crippen LogP contribution in [0.25, 0.3) is 5.65 Å². The molecule has 0 bridgehead atoms. The van der Waals surface area contributed by atoms with Crippen LogP contribution in [-0.2, 0) is 21.0 Å². The quantitative estimate of drug-likeness (QED) is 0.557. The van der Waals surface area contributed by atoms with Gasteiger partial charge in [-0.3, -0.25) is 0 Å². The maximum Gasteiger partial charge on any atom is 0.212 e. The fraction of sp³-hybridized carbons (Fsp3) is 0.478. The highest BCUT2D eigenvalue weighted by atomic mass is 32.2. The SMILES string of the molecule is CCc1nn2c(N3CCN(C)CC3)cc(N3CCOCC3)nc2c1S(=O)(=O)c1ccccc1. The third kappa shape index (κ3) is 4.07. The van der Waals surface area contributed by atoms with Gasteiger partial charge in [-0.25, -0.2) is 13.4 Å². The lowest BCUT2D eigenvalue weighted by atomic mass is 10.3. The fourth-order valence-electron chi connectivity index (χ4n) is 4.45. The lowest BCUT2D eigenvalue weighted by Crippen LogP contribution is -2.45. The van der Waals surface area contributed by atoms with Gasteiger partial charge in [0.15, 0.2) is 5.65 Å². The number of sulfone groups is 1. The van der Waals surface area contributed by atoms with Crippen LogP contribution in [0.1, 0.15) is 12.6 Å². The smallest absolute Gasteiger partial charge is 0.212 e. The van der Waals surface area contributed by atoms with E-state index >= 15 is 0 Å². The van der Waals surface area contributed by atoms with Crippen molar-refractivity contribution >= 4 is 27.1 Å². The highest BCUT2D eigenvalue weighted by Gasteiger charge is 2.31. The second kappa shape index (κ2) is 8.92. The number of fused-ring (bicyclic) bond motifs is 1. The number of piperazine rings is 1. The van der Waals surface area contributed by atoms with Crippen molar-refractivity contribution in [3.05, 3.63) is 42.1 Å². The zero-order chi connectivity index (χ0) is 23.0. The van der Waals surface area contributed by atoms with Gasteiger partial charge in [0.1, 0.15) is 16.5 Å². The van der Waals surface area contributed by atoms with Crippen LogP contribution in [0.4, 0.5) is 11.6 Å². The van der Waals surface area contributed by atoms with Crippen LogP contribution in [0.5, 0.6) is 0 Å². The molecule has 9 nitrogen and oxygen atoms in total. The highest BCUT2D eigenvalue weighted by molar-refractivity contribution is 7.91. The Morgan fingerprint density at radius 1 is 0.970 bits per heavy atom. The molecule has 5 rings (SSSR count). The predicted molar refractivity (Wildman–Crippen MR) is 127 cm³/mol. The normalized spacial score (nSPS) is 18.2. The van der Waals surface area contributed by atoms with Crippen LogP contribution in [0.2, 0.25) is 0 Å². The minimum Gasteiger partial charge on any atom is -0.378 e. The van der Waals surface area contributed by atoms with Gasteiger partial charge in [0.05, 0.1) is 23.8 Å². The third-order valence-corrected chi connectivity index (χ3v) is 8.25. The molecule has 10 heteroatoms.